The molecular formula is C22H27NO5. The van der Waals surface area contributed by atoms with E-state index in [1.54, 1.807) is 18.2 Å². The average Bonchev–Trinajstić information content (AvgIpc) is 2.69. The molecular weight excluding hydrogens is 358 g/mol. The summed E-state index contributed by atoms with van der Waals surface area (Å²) in [5, 5.41) is 2.76. The normalized spacial score (nSPS) is 10.3. The van der Waals surface area contributed by atoms with Crippen LogP contribution >= 0.6 is 0 Å². The van der Waals surface area contributed by atoms with Gasteiger partial charge in [0.15, 0.2) is 18.1 Å². The van der Waals surface area contributed by atoms with Gasteiger partial charge in [-0.15, -0.1) is 0 Å². The SMILES string of the molecule is CCCOc1ccc(C(=O)OCC(=O)Nc2cccc(C)c2C)cc1OCC. The molecule has 0 aliphatic heterocycles. The van der Waals surface area contributed by atoms with Gasteiger partial charge in [0.1, 0.15) is 0 Å². The predicted octanol–water partition coefficient (Wildman–Crippen LogP) is 4.29. The maximum Gasteiger partial charge on any atom is 0.338 e. The van der Waals surface area contributed by atoms with Crippen LogP contribution in [-0.2, 0) is 9.53 Å². The number of benzene rings is 2. The van der Waals surface area contributed by atoms with Crippen molar-refractivity contribution in [2.24, 2.45) is 0 Å². The summed E-state index contributed by atoms with van der Waals surface area (Å²) < 4.78 is 16.3. The van der Waals surface area contributed by atoms with Crippen molar-refractivity contribution in [1.82, 2.24) is 0 Å². The Bertz CT molecular complexity index is 832. The minimum atomic E-state index is -0.598. The van der Waals surface area contributed by atoms with E-state index in [-0.39, 0.29) is 6.61 Å². The van der Waals surface area contributed by atoms with Crippen LogP contribution in [0, 0.1) is 13.8 Å². The second kappa shape index (κ2) is 10.3. The molecule has 0 heterocycles. The molecule has 0 aliphatic carbocycles. The Morgan fingerprint density at radius 3 is 2.50 bits per heavy atom. The molecule has 0 saturated heterocycles. The van der Waals surface area contributed by atoms with E-state index in [0.29, 0.717) is 36.0 Å². The topological polar surface area (TPSA) is 73.9 Å². The molecule has 0 fully saturated rings. The molecule has 0 unspecified atom stereocenters. The van der Waals surface area contributed by atoms with Crippen molar-refractivity contribution in [2.45, 2.75) is 34.1 Å². The van der Waals surface area contributed by atoms with Crippen LogP contribution in [0.4, 0.5) is 5.69 Å². The van der Waals surface area contributed by atoms with Gasteiger partial charge in [0.05, 0.1) is 18.8 Å². The van der Waals surface area contributed by atoms with Gasteiger partial charge in [-0.05, 0) is 62.6 Å². The van der Waals surface area contributed by atoms with E-state index in [1.807, 2.05) is 45.9 Å². The van der Waals surface area contributed by atoms with Crippen LogP contribution in [0.3, 0.4) is 0 Å². The van der Waals surface area contributed by atoms with E-state index in [1.165, 1.54) is 0 Å². The lowest BCUT2D eigenvalue weighted by Crippen LogP contribution is -2.21. The van der Waals surface area contributed by atoms with E-state index in [9.17, 15) is 9.59 Å². The molecule has 0 bridgehead atoms. The third kappa shape index (κ3) is 5.74. The van der Waals surface area contributed by atoms with Crippen LogP contribution in [0.2, 0.25) is 0 Å². The standard InChI is InChI=1S/C22H27NO5/c1-5-12-27-19-11-10-17(13-20(19)26-6-2)22(25)28-14-21(24)23-18-9-7-8-15(3)16(18)4/h7-11,13H,5-6,12,14H2,1-4H3,(H,23,24). The second-order valence-corrected chi connectivity index (χ2v) is 6.31. The fourth-order valence-corrected chi connectivity index (χ4v) is 2.52. The molecule has 0 saturated carbocycles. The number of rotatable bonds is 9. The van der Waals surface area contributed by atoms with Gasteiger partial charge < -0.3 is 19.5 Å². The molecule has 1 N–H and O–H groups in total. The fourth-order valence-electron chi connectivity index (χ4n) is 2.52. The first-order valence-electron chi connectivity index (χ1n) is 9.39. The van der Waals surface area contributed by atoms with Crippen molar-refractivity contribution in [3.8, 4) is 11.5 Å². The summed E-state index contributed by atoms with van der Waals surface area (Å²) in [6, 6.07) is 10.5. The highest BCUT2D eigenvalue weighted by Crippen LogP contribution is 2.29. The van der Waals surface area contributed by atoms with Gasteiger partial charge in [-0.2, -0.15) is 0 Å². The maximum atomic E-state index is 12.3. The zero-order valence-corrected chi connectivity index (χ0v) is 16.8. The summed E-state index contributed by atoms with van der Waals surface area (Å²) in [4.78, 5) is 24.4. The summed E-state index contributed by atoms with van der Waals surface area (Å²) in [6.45, 7) is 8.39. The summed E-state index contributed by atoms with van der Waals surface area (Å²) in [5.74, 6) is 0.0623. The predicted molar refractivity (Wildman–Crippen MR) is 108 cm³/mol. The number of hydrogen-bond donors (Lipinski definition) is 1. The highest BCUT2D eigenvalue weighted by molar-refractivity contribution is 5.96. The van der Waals surface area contributed by atoms with Gasteiger partial charge in [-0.1, -0.05) is 19.1 Å². The van der Waals surface area contributed by atoms with Gasteiger partial charge in [-0.25, -0.2) is 4.79 Å². The lowest BCUT2D eigenvalue weighted by Gasteiger charge is -2.13. The summed E-state index contributed by atoms with van der Waals surface area (Å²) in [5.41, 5.74) is 3.05. The molecule has 2 rings (SSSR count). The molecule has 0 spiro atoms. The van der Waals surface area contributed by atoms with Gasteiger partial charge >= 0.3 is 5.97 Å². The quantitative estimate of drug-likeness (QED) is 0.652. The Labute approximate surface area is 165 Å². The molecule has 6 nitrogen and oxygen atoms in total. The zero-order valence-electron chi connectivity index (χ0n) is 16.8. The Hall–Kier alpha value is -3.02. The third-order valence-electron chi connectivity index (χ3n) is 4.15. The number of ether oxygens (including phenoxy) is 3. The van der Waals surface area contributed by atoms with Gasteiger partial charge in [-0.3, -0.25) is 4.79 Å². The smallest absolute Gasteiger partial charge is 0.338 e. The molecule has 2 aromatic carbocycles. The molecule has 1 amide bonds. The van der Waals surface area contributed by atoms with Gasteiger partial charge in [0.2, 0.25) is 0 Å². The van der Waals surface area contributed by atoms with Crippen molar-refractivity contribution in [1.29, 1.82) is 0 Å². The Morgan fingerprint density at radius 1 is 1.00 bits per heavy atom. The van der Waals surface area contributed by atoms with Crippen molar-refractivity contribution in [3.63, 3.8) is 0 Å². The minimum absolute atomic E-state index is 0.298. The lowest BCUT2D eigenvalue weighted by molar-refractivity contribution is -0.119. The first kappa shape index (κ1) is 21.3. The van der Waals surface area contributed by atoms with Gasteiger partial charge in [0.25, 0.3) is 5.91 Å². The number of anilines is 1. The van der Waals surface area contributed by atoms with Crippen LogP contribution in [0.5, 0.6) is 11.5 Å². The van der Waals surface area contributed by atoms with E-state index >= 15 is 0 Å². The number of hydrogen-bond acceptors (Lipinski definition) is 5. The summed E-state index contributed by atoms with van der Waals surface area (Å²) >= 11 is 0. The molecule has 0 radical (unpaired) electrons. The first-order chi connectivity index (χ1) is 13.5. The van der Waals surface area contributed by atoms with Crippen molar-refractivity contribution < 1.29 is 23.8 Å². The van der Waals surface area contributed by atoms with Crippen LogP contribution in [0.1, 0.15) is 41.8 Å². The van der Waals surface area contributed by atoms with Crippen molar-refractivity contribution >= 4 is 17.6 Å². The molecule has 2 aromatic rings. The molecule has 0 atom stereocenters. The first-order valence-corrected chi connectivity index (χ1v) is 9.39. The summed E-state index contributed by atoms with van der Waals surface area (Å²) in [7, 11) is 0. The number of esters is 1. The monoisotopic (exact) mass is 385 g/mol. The maximum absolute atomic E-state index is 12.3. The lowest BCUT2D eigenvalue weighted by atomic mass is 10.1. The van der Waals surface area contributed by atoms with Crippen LogP contribution in [0.25, 0.3) is 0 Å². The molecule has 150 valence electrons. The molecule has 0 aliphatic rings. The van der Waals surface area contributed by atoms with Gasteiger partial charge in [0, 0.05) is 5.69 Å². The fraction of sp³-hybridized carbons (Fsp3) is 0.364. The molecule has 0 aromatic heterocycles. The highest BCUT2D eigenvalue weighted by Gasteiger charge is 2.15. The number of nitrogens with one attached hydrogen (secondary N) is 1. The van der Waals surface area contributed by atoms with Crippen molar-refractivity contribution in [3.05, 3.63) is 53.1 Å². The van der Waals surface area contributed by atoms with E-state index in [0.717, 1.165) is 17.5 Å². The van der Waals surface area contributed by atoms with E-state index < -0.39 is 11.9 Å². The average molecular weight is 385 g/mol. The Kier molecular flexibility index (Phi) is 7.87. The largest absolute Gasteiger partial charge is 0.490 e. The van der Waals surface area contributed by atoms with Crippen molar-refractivity contribution in [2.75, 3.05) is 25.1 Å². The van der Waals surface area contributed by atoms with Crippen LogP contribution in [0.15, 0.2) is 36.4 Å². The molecule has 28 heavy (non-hydrogen) atoms. The number of aryl methyl sites for hydroxylation is 1. The van der Waals surface area contributed by atoms with E-state index in [2.05, 4.69) is 5.32 Å². The van der Waals surface area contributed by atoms with E-state index in [4.69, 9.17) is 14.2 Å². The Balaban J connectivity index is 1.99. The number of carbonyl (C=O) groups excluding carboxylic acids is 2. The minimum Gasteiger partial charge on any atom is -0.490 e. The zero-order chi connectivity index (χ0) is 20.5. The Morgan fingerprint density at radius 2 is 1.79 bits per heavy atom. The molecule has 6 heteroatoms. The highest BCUT2D eigenvalue weighted by atomic mass is 16.5. The second-order valence-electron chi connectivity index (χ2n) is 6.31. The number of carbonyl (C=O) groups is 2. The van der Waals surface area contributed by atoms with Crippen LogP contribution in [-0.4, -0.2) is 31.7 Å². The number of amides is 1. The summed E-state index contributed by atoms with van der Waals surface area (Å²) in [6.07, 6.45) is 0.866. The van der Waals surface area contributed by atoms with Crippen LogP contribution < -0.4 is 14.8 Å². The third-order valence-corrected chi connectivity index (χ3v) is 4.15.